The van der Waals surface area contributed by atoms with Crippen molar-refractivity contribution >= 4 is 11.9 Å². The van der Waals surface area contributed by atoms with E-state index in [9.17, 15) is 9.59 Å². The average molecular weight is 369 g/mol. The Morgan fingerprint density at radius 1 is 1.15 bits per heavy atom. The van der Waals surface area contributed by atoms with Gasteiger partial charge in [-0.2, -0.15) is 5.10 Å². The number of aryl methyl sites for hydroxylation is 2. The van der Waals surface area contributed by atoms with Crippen LogP contribution in [-0.2, 0) is 9.53 Å². The summed E-state index contributed by atoms with van der Waals surface area (Å²) in [5, 5.41) is 7.38. The number of hydrogen-bond acceptors (Lipinski definition) is 4. The molecule has 1 aromatic heterocycles. The summed E-state index contributed by atoms with van der Waals surface area (Å²) < 4.78 is 6.97. The van der Waals surface area contributed by atoms with Gasteiger partial charge >= 0.3 is 5.97 Å². The Kier molecular flexibility index (Phi) is 5.94. The van der Waals surface area contributed by atoms with Crippen LogP contribution in [0.3, 0.4) is 0 Å². The number of nitrogens with one attached hydrogen (secondary N) is 1. The maximum absolute atomic E-state index is 12.2. The maximum Gasteiger partial charge on any atom is 0.338 e. The third kappa shape index (κ3) is 4.96. The molecular weight excluding hydrogens is 342 g/mol. The summed E-state index contributed by atoms with van der Waals surface area (Å²) >= 11 is 0. The normalized spacial score (nSPS) is 19.5. The number of nitrogens with zero attached hydrogens (tertiary/aromatic N) is 2. The molecule has 6 heteroatoms. The molecule has 1 saturated carbocycles. The Bertz CT molecular complexity index is 803. The van der Waals surface area contributed by atoms with Gasteiger partial charge in [0.1, 0.15) is 0 Å². The molecule has 6 nitrogen and oxygen atoms in total. The van der Waals surface area contributed by atoms with Gasteiger partial charge in [-0.15, -0.1) is 0 Å². The topological polar surface area (TPSA) is 73.2 Å². The van der Waals surface area contributed by atoms with E-state index in [1.54, 1.807) is 12.1 Å². The van der Waals surface area contributed by atoms with Crippen LogP contribution >= 0.6 is 0 Å². The van der Waals surface area contributed by atoms with Crippen molar-refractivity contribution in [1.29, 1.82) is 0 Å². The van der Waals surface area contributed by atoms with E-state index >= 15 is 0 Å². The second kappa shape index (κ2) is 8.37. The summed E-state index contributed by atoms with van der Waals surface area (Å²) in [6, 6.07) is 9.21. The van der Waals surface area contributed by atoms with Gasteiger partial charge in [0.15, 0.2) is 6.61 Å². The van der Waals surface area contributed by atoms with Gasteiger partial charge in [0.05, 0.1) is 16.9 Å². The molecule has 1 N–H and O–H groups in total. The number of rotatable bonds is 5. The number of hydrogen-bond donors (Lipinski definition) is 1. The molecule has 0 atom stereocenters. The van der Waals surface area contributed by atoms with Crippen LogP contribution in [0.1, 0.15) is 54.4 Å². The third-order valence-corrected chi connectivity index (χ3v) is 5.07. The molecule has 1 aliphatic carbocycles. The Morgan fingerprint density at radius 2 is 1.81 bits per heavy atom. The van der Waals surface area contributed by atoms with E-state index < -0.39 is 5.97 Å². The molecule has 144 valence electrons. The number of ether oxygens (including phenoxy) is 1. The van der Waals surface area contributed by atoms with E-state index in [1.807, 2.05) is 36.7 Å². The largest absolute Gasteiger partial charge is 0.452 e. The first-order valence-corrected chi connectivity index (χ1v) is 9.52. The number of carbonyl (C=O) groups is 2. The monoisotopic (exact) mass is 369 g/mol. The van der Waals surface area contributed by atoms with E-state index in [-0.39, 0.29) is 18.6 Å². The predicted molar refractivity (Wildman–Crippen MR) is 103 cm³/mol. The van der Waals surface area contributed by atoms with Gasteiger partial charge in [0.2, 0.25) is 0 Å². The molecule has 0 radical (unpaired) electrons. The van der Waals surface area contributed by atoms with Crippen LogP contribution in [0.2, 0.25) is 0 Å². The van der Waals surface area contributed by atoms with Crippen molar-refractivity contribution in [3.63, 3.8) is 0 Å². The molecule has 0 spiro atoms. The minimum Gasteiger partial charge on any atom is -0.452 e. The second-order valence-electron chi connectivity index (χ2n) is 7.49. The van der Waals surface area contributed by atoms with E-state index in [0.29, 0.717) is 5.56 Å². The lowest BCUT2D eigenvalue weighted by atomic mass is 9.87. The predicted octanol–water partition coefficient (Wildman–Crippen LogP) is 3.34. The number of aromatic nitrogens is 2. The molecule has 27 heavy (non-hydrogen) atoms. The summed E-state index contributed by atoms with van der Waals surface area (Å²) in [4.78, 5) is 24.2. The molecule has 2 aromatic rings. The standard InChI is InChI=1S/C21H27N3O3/c1-14-4-8-18(9-5-14)22-20(25)13-27-21(26)17-6-10-19(11-7-17)24-16(3)12-15(2)23-24/h6-7,10-12,14,18H,4-5,8-9,13H2,1-3H3,(H,22,25). The van der Waals surface area contributed by atoms with Crippen molar-refractivity contribution in [1.82, 2.24) is 15.1 Å². The lowest BCUT2D eigenvalue weighted by Gasteiger charge is -2.26. The zero-order valence-electron chi connectivity index (χ0n) is 16.2. The molecule has 1 heterocycles. The molecule has 1 aliphatic rings. The fraction of sp³-hybridized carbons (Fsp3) is 0.476. The fourth-order valence-electron chi connectivity index (χ4n) is 3.52. The van der Waals surface area contributed by atoms with Crippen molar-refractivity contribution in [2.45, 2.75) is 52.5 Å². The van der Waals surface area contributed by atoms with Gasteiger partial charge in [-0.3, -0.25) is 4.79 Å². The van der Waals surface area contributed by atoms with Gasteiger partial charge < -0.3 is 10.1 Å². The summed E-state index contributed by atoms with van der Waals surface area (Å²) in [7, 11) is 0. The highest BCUT2D eigenvalue weighted by Crippen LogP contribution is 2.23. The van der Waals surface area contributed by atoms with Crippen molar-refractivity contribution in [3.8, 4) is 5.69 Å². The molecule has 0 bridgehead atoms. The lowest BCUT2D eigenvalue weighted by Crippen LogP contribution is -2.39. The molecule has 1 fully saturated rings. The highest BCUT2D eigenvalue weighted by molar-refractivity contribution is 5.91. The van der Waals surface area contributed by atoms with Crippen LogP contribution in [0.15, 0.2) is 30.3 Å². The molecule has 1 amide bonds. The van der Waals surface area contributed by atoms with Crippen LogP contribution in [0, 0.1) is 19.8 Å². The zero-order chi connectivity index (χ0) is 19.4. The maximum atomic E-state index is 12.2. The number of esters is 1. The fourth-order valence-corrected chi connectivity index (χ4v) is 3.52. The first-order valence-electron chi connectivity index (χ1n) is 9.52. The second-order valence-corrected chi connectivity index (χ2v) is 7.49. The highest BCUT2D eigenvalue weighted by Gasteiger charge is 2.20. The quantitative estimate of drug-likeness (QED) is 0.821. The van der Waals surface area contributed by atoms with E-state index in [2.05, 4.69) is 17.3 Å². The van der Waals surface area contributed by atoms with Crippen LogP contribution in [0.25, 0.3) is 5.69 Å². The Balaban J connectivity index is 1.50. The zero-order valence-corrected chi connectivity index (χ0v) is 16.2. The van der Waals surface area contributed by atoms with Crippen LogP contribution < -0.4 is 5.32 Å². The van der Waals surface area contributed by atoms with Gasteiger partial charge in [-0.05, 0) is 75.8 Å². The summed E-state index contributed by atoms with van der Waals surface area (Å²) in [6.45, 7) is 5.91. The molecule has 0 saturated heterocycles. The van der Waals surface area contributed by atoms with Crippen LogP contribution in [-0.4, -0.2) is 34.3 Å². The van der Waals surface area contributed by atoms with Gasteiger partial charge in [0.25, 0.3) is 5.91 Å². The Hall–Kier alpha value is -2.63. The van der Waals surface area contributed by atoms with Crippen molar-refractivity contribution < 1.29 is 14.3 Å². The van der Waals surface area contributed by atoms with E-state index in [4.69, 9.17) is 4.74 Å². The number of amides is 1. The van der Waals surface area contributed by atoms with Gasteiger partial charge in [-0.25, -0.2) is 9.48 Å². The third-order valence-electron chi connectivity index (χ3n) is 5.07. The number of carbonyl (C=O) groups excluding carboxylic acids is 2. The lowest BCUT2D eigenvalue weighted by molar-refractivity contribution is -0.125. The number of benzene rings is 1. The molecule has 3 rings (SSSR count). The minimum absolute atomic E-state index is 0.201. The van der Waals surface area contributed by atoms with Gasteiger partial charge in [0, 0.05) is 11.7 Å². The van der Waals surface area contributed by atoms with Crippen LogP contribution in [0.5, 0.6) is 0 Å². The SMILES string of the molecule is Cc1cc(C)n(-c2ccc(C(=O)OCC(=O)NC3CCC(C)CC3)cc2)n1. The smallest absolute Gasteiger partial charge is 0.338 e. The van der Waals surface area contributed by atoms with Crippen LogP contribution in [0.4, 0.5) is 0 Å². The summed E-state index contributed by atoms with van der Waals surface area (Å²) in [5.74, 6) is -0.00195. The first kappa shape index (κ1) is 19.1. The molecule has 0 aliphatic heterocycles. The molecular formula is C21H27N3O3. The van der Waals surface area contributed by atoms with Crippen molar-refractivity contribution in [2.75, 3.05) is 6.61 Å². The van der Waals surface area contributed by atoms with Crippen molar-refractivity contribution in [3.05, 3.63) is 47.3 Å². The van der Waals surface area contributed by atoms with Crippen molar-refractivity contribution in [2.24, 2.45) is 5.92 Å². The van der Waals surface area contributed by atoms with E-state index in [1.165, 1.54) is 0 Å². The van der Waals surface area contributed by atoms with Gasteiger partial charge in [-0.1, -0.05) is 6.92 Å². The molecule has 0 unspecified atom stereocenters. The summed E-state index contributed by atoms with van der Waals surface area (Å²) in [5.41, 5.74) is 3.26. The molecule has 1 aromatic carbocycles. The Labute approximate surface area is 159 Å². The summed E-state index contributed by atoms with van der Waals surface area (Å²) in [6.07, 6.45) is 4.25. The average Bonchev–Trinajstić information content (AvgIpc) is 3.00. The Morgan fingerprint density at radius 3 is 2.41 bits per heavy atom. The van der Waals surface area contributed by atoms with E-state index in [0.717, 1.165) is 48.7 Å². The minimum atomic E-state index is -0.498. The first-order chi connectivity index (χ1) is 12.9. The highest BCUT2D eigenvalue weighted by atomic mass is 16.5.